The summed E-state index contributed by atoms with van der Waals surface area (Å²) in [5, 5.41) is 3.80. The number of nitrogens with zero attached hydrogens (tertiary/aromatic N) is 2. The van der Waals surface area contributed by atoms with E-state index in [2.05, 4.69) is 5.16 Å². The SMILES string of the molecule is Cc1cc(COC(=O)C2CCN(C(=O)/C=C/c3ccccc3)CC2)no1. The first-order valence-electron chi connectivity index (χ1n) is 8.72. The number of aryl methyl sites for hydroxylation is 1. The molecule has 1 aromatic heterocycles. The summed E-state index contributed by atoms with van der Waals surface area (Å²) in [5.41, 5.74) is 1.59. The van der Waals surface area contributed by atoms with E-state index in [1.807, 2.05) is 36.4 Å². The molecule has 0 saturated carbocycles. The number of carbonyl (C=O) groups excluding carboxylic acids is 2. The van der Waals surface area contributed by atoms with Gasteiger partial charge in [-0.15, -0.1) is 0 Å². The van der Waals surface area contributed by atoms with Gasteiger partial charge in [0.1, 0.15) is 18.1 Å². The van der Waals surface area contributed by atoms with Crippen molar-refractivity contribution < 1.29 is 18.8 Å². The van der Waals surface area contributed by atoms with E-state index in [1.54, 1.807) is 24.0 Å². The van der Waals surface area contributed by atoms with Crippen LogP contribution in [0.1, 0.15) is 29.9 Å². The Kier molecular flexibility index (Phi) is 5.84. The predicted octanol–water partition coefficient (Wildman–Crippen LogP) is 2.98. The van der Waals surface area contributed by atoms with Crippen LogP contribution in [0, 0.1) is 12.8 Å². The van der Waals surface area contributed by atoms with Gasteiger partial charge in [-0.3, -0.25) is 9.59 Å². The highest BCUT2D eigenvalue weighted by molar-refractivity contribution is 5.92. The van der Waals surface area contributed by atoms with Crippen molar-refractivity contribution >= 4 is 18.0 Å². The van der Waals surface area contributed by atoms with E-state index >= 15 is 0 Å². The van der Waals surface area contributed by atoms with Crippen LogP contribution >= 0.6 is 0 Å². The molecule has 1 saturated heterocycles. The number of carbonyl (C=O) groups is 2. The van der Waals surface area contributed by atoms with E-state index in [0.29, 0.717) is 37.4 Å². The minimum absolute atomic E-state index is 0.0289. The molecule has 0 bridgehead atoms. The number of amides is 1. The van der Waals surface area contributed by atoms with Crippen LogP contribution in [0.25, 0.3) is 6.08 Å². The number of esters is 1. The van der Waals surface area contributed by atoms with E-state index in [1.165, 1.54) is 0 Å². The normalized spacial score (nSPS) is 15.3. The summed E-state index contributed by atoms with van der Waals surface area (Å²) in [6.45, 7) is 3.02. The Morgan fingerprint density at radius 2 is 2.00 bits per heavy atom. The summed E-state index contributed by atoms with van der Waals surface area (Å²) in [6, 6.07) is 11.4. The quantitative estimate of drug-likeness (QED) is 0.610. The van der Waals surface area contributed by atoms with Crippen LogP contribution in [0.2, 0.25) is 0 Å². The summed E-state index contributed by atoms with van der Waals surface area (Å²) >= 11 is 0. The van der Waals surface area contributed by atoms with Gasteiger partial charge in [-0.05, 0) is 31.4 Å². The maximum atomic E-state index is 12.3. The second-order valence-electron chi connectivity index (χ2n) is 6.38. The number of hydrogen-bond acceptors (Lipinski definition) is 5. The van der Waals surface area contributed by atoms with Crippen LogP contribution in [-0.2, 0) is 20.9 Å². The molecular weight excluding hydrogens is 332 g/mol. The van der Waals surface area contributed by atoms with Crippen molar-refractivity contribution in [2.24, 2.45) is 5.92 Å². The van der Waals surface area contributed by atoms with Gasteiger partial charge in [0.25, 0.3) is 0 Å². The molecule has 3 rings (SSSR count). The molecule has 1 aliphatic heterocycles. The molecule has 1 fully saturated rings. The first kappa shape index (κ1) is 17.9. The second kappa shape index (κ2) is 8.47. The zero-order valence-corrected chi connectivity index (χ0v) is 14.8. The van der Waals surface area contributed by atoms with Crippen LogP contribution < -0.4 is 0 Å². The lowest BCUT2D eigenvalue weighted by Gasteiger charge is -2.30. The Labute approximate surface area is 152 Å². The summed E-state index contributed by atoms with van der Waals surface area (Å²) in [4.78, 5) is 26.2. The minimum Gasteiger partial charge on any atom is -0.459 e. The van der Waals surface area contributed by atoms with E-state index < -0.39 is 0 Å². The molecule has 1 aromatic carbocycles. The van der Waals surface area contributed by atoms with Crippen molar-refractivity contribution in [1.29, 1.82) is 0 Å². The lowest BCUT2D eigenvalue weighted by molar-refractivity contribution is -0.152. The Morgan fingerprint density at radius 1 is 1.27 bits per heavy atom. The molecule has 136 valence electrons. The Morgan fingerprint density at radius 3 is 2.65 bits per heavy atom. The standard InChI is InChI=1S/C20H22N2O4/c1-15-13-18(21-26-15)14-25-20(24)17-9-11-22(12-10-17)19(23)8-7-16-5-3-2-4-6-16/h2-8,13,17H,9-12,14H2,1H3/b8-7+. The lowest BCUT2D eigenvalue weighted by atomic mass is 9.97. The molecule has 2 heterocycles. The summed E-state index contributed by atoms with van der Waals surface area (Å²) in [5.74, 6) is 0.243. The molecule has 1 aliphatic rings. The average Bonchev–Trinajstić information content (AvgIpc) is 3.10. The molecule has 0 spiro atoms. The van der Waals surface area contributed by atoms with E-state index in [0.717, 1.165) is 5.56 Å². The van der Waals surface area contributed by atoms with Gasteiger partial charge < -0.3 is 14.2 Å². The van der Waals surface area contributed by atoms with Gasteiger partial charge >= 0.3 is 5.97 Å². The van der Waals surface area contributed by atoms with E-state index in [-0.39, 0.29) is 24.4 Å². The Bertz CT molecular complexity index is 774. The molecule has 1 amide bonds. The third-order valence-corrected chi connectivity index (χ3v) is 4.40. The topological polar surface area (TPSA) is 72.6 Å². The molecule has 0 atom stereocenters. The van der Waals surface area contributed by atoms with Crippen molar-refractivity contribution in [3.63, 3.8) is 0 Å². The first-order valence-corrected chi connectivity index (χ1v) is 8.72. The fraction of sp³-hybridized carbons (Fsp3) is 0.350. The van der Waals surface area contributed by atoms with E-state index in [9.17, 15) is 9.59 Å². The molecule has 0 radical (unpaired) electrons. The van der Waals surface area contributed by atoms with Crippen LogP contribution in [0.4, 0.5) is 0 Å². The fourth-order valence-corrected chi connectivity index (χ4v) is 2.92. The Hall–Kier alpha value is -2.89. The molecule has 26 heavy (non-hydrogen) atoms. The van der Waals surface area contributed by atoms with Gasteiger partial charge in [0, 0.05) is 25.2 Å². The minimum atomic E-state index is -0.238. The van der Waals surface area contributed by atoms with Gasteiger partial charge in [0.05, 0.1) is 5.92 Å². The molecule has 2 aromatic rings. The molecule has 6 nitrogen and oxygen atoms in total. The number of ether oxygens (including phenoxy) is 1. The predicted molar refractivity (Wildman–Crippen MR) is 95.8 cm³/mol. The van der Waals surface area contributed by atoms with Crippen molar-refractivity contribution in [3.8, 4) is 0 Å². The van der Waals surface area contributed by atoms with Crippen LogP contribution in [0.15, 0.2) is 47.0 Å². The molecule has 0 unspecified atom stereocenters. The number of benzene rings is 1. The number of likely N-dealkylation sites (tertiary alicyclic amines) is 1. The smallest absolute Gasteiger partial charge is 0.309 e. The Balaban J connectivity index is 1.43. The maximum absolute atomic E-state index is 12.3. The molecular formula is C20H22N2O4. The van der Waals surface area contributed by atoms with Crippen LogP contribution in [0.3, 0.4) is 0 Å². The van der Waals surface area contributed by atoms with Crippen LogP contribution in [-0.4, -0.2) is 35.0 Å². The summed E-state index contributed by atoms with van der Waals surface area (Å²) < 4.78 is 10.2. The average molecular weight is 354 g/mol. The summed E-state index contributed by atoms with van der Waals surface area (Å²) in [7, 11) is 0. The summed E-state index contributed by atoms with van der Waals surface area (Å²) in [6.07, 6.45) is 4.62. The van der Waals surface area contributed by atoms with Crippen LogP contribution in [0.5, 0.6) is 0 Å². The number of rotatable bonds is 5. The van der Waals surface area contributed by atoms with Gasteiger partial charge in [0.2, 0.25) is 5.91 Å². The zero-order chi connectivity index (χ0) is 18.4. The van der Waals surface area contributed by atoms with Crippen molar-refractivity contribution in [2.75, 3.05) is 13.1 Å². The van der Waals surface area contributed by atoms with Crippen molar-refractivity contribution in [1.82, 2.24) is 10.1 Å². The van der Waals surface area contributed by atoms with E-state index in [4.69, 9.17) is 9.26 Å². The maximum Gasteiger partial charge on any atom is 0.309 e. The highest BCUT2D eigenvalue weighted by Crippen LogP contribution is 2.20. The fourth-order valence-electron chi connectivity index (χ4n) is 2.92. The molecule has 0 aliphatic carbocycles. The van der Waals surface area contributed by atoms with Gasteiger partial charge in [-0.25, -0.2) is 0 Å². The molecule has 6 heteroatoms. The zero-order valence-electron chi connectivity index (χ0n) is 14.8. The van der Waals surface area contributed by atoms with Crippen molar-refractivity contribution in [2.45, 2.75) is 26.4 Å². The lowest BCUT2D eigenvalue weighted by Crippen LogP contribution is -2.39. The highest BCUT2D eigenvalue weighted by atomic mass is 16.5. The third-order valence-electron chi connectivity index (χ3n) is 4.40. The highest BCUT2D eigenvalue weighted by Gasteiger charge is 2.27. The third kappa shape index (κ3) is 4.81. The number of hydrogen-bond donors (Lipinski definition) is 0. The number of piperidine rings is 1. The largest absolute Gasteiger partial charge is 0.459 e. The van der Waals surface area contributed by atoms with Gasteiger partial charge in [-0.1, -0.05) is 35.5 Å². The first-order chi connectivity index (χ1) is 12.6. The molecule has 0 N–H and O–H groups in total. The van der Waals surface area contributed by atoms with Gasteiger partial charge in [0.15, 0.2) is 0 Å². The second-order valence-corrected chi connectivity index (χ2v) is 6.38. The number of aromatic nitrogens is 1. The van der Waals surface area contributed by atoms with Crippen molar-refractivity contribution in [3.05, 3.63) is 59.5 Å². The van der Waals surface area contributed by atoms with Gasteiger partial charge in [-0.2, -0.15) is 0 Å². The monoisotopic (exact) mass is 354 g/mol.